The van der Waals surface area contributed by atoms with E-state index in [9.17, 15) is 4.79 Å². The number of aromatic nitrogens is 1. The Morgan fingerprint density at radius 3 is 2.75 bits per heavy atom. The summed E-state index contributed by atoms with van der Waals surface area (Å²) >= 11 is 18.6. The fourth-order valence-corrected chi connectivity index (χ4v) is 3.57. The van der Waals surface area contributed by atoms with Crippen molar-refractivity contribution in [3.8, 4) is 0 Å². The molecule has 0 saturated heterocycles. The number of hydrogen-bond donors (Lipinski definition) is 2. The molecular formula is C16H11Cl2N3OS2. The molecule has 2 N–H and O–H groups in total. The molecule has 0 aliphatic carbocycles. The van der Waals surface area contributed by atoms with E-state index >= 15 is 0 Å². The van der Waals surface area contributed by atoms with Crippen LogP contribution in [-0.2, 0) is 0 Å². The second kappa shape index (κ2) is 7.03. The number of halogens is 2. The third-order valence-corrected chi connectivity index (χ3v) is 5.01. The van der Waals surface area contributed by atoms with Crippen LogP contribution in [0.15, 0.2) is 36.4 Å². The quantitative estimate of drug-likeness (QED) is 0.596. The molecule has 0 unspecified atom stereocenters. The standard InChI is InChI=1S/C16H11Cl2N3OS2/c1-8-2-3-9(6-11(8)18)14(22)20-15(23)21-16-19-12-5-4-10(17)7-13(12)24-16/h2-7H,1H3,(H2,19,20,21,22,23). The molecule has 8 heteroatoms. The van der Waals surface area contributed by atoms with Crippen LogP contribution in [0.25, 0.3) is 10.2 Å². The number of carbonyl (C=O) groups is 1. The van der Waals surface area contributed by atoms with Gasteiger partial charge in [-0.05, 0) is 55.0 Å². The predicted octanol–water partition coefficient (Wildman–Crippen LogP) is 5.04. The van der Waals surface area contributed by atoms with Gasteiger partial charge < -0.3 is 5.32 Å². The van der Waals surface area contributed by atoms with Crippen molar-refractivity contribution in [3.63, 3.8) is 0 Å². The summed E-state index contributed by atoms with van der Waals surface area (Å²) in [7, 11) is 0. The van der Waals surface area contributed by atoms with Crippen LogP contribution >= 0.6 is 46.8 Å². The van der Waals surface area contributed by atoms with Gasteiger partial charge in [0.2, 0.25) is 0 Å². The van der Waals surface area contributed by atoms with E-state index in [-0.39, 0.29) is 11.0 Å². The second-order valence-electron chi connectivity index (χ2n) is 5.00. The Morgan fingerprint density at radius 1 is 1.21 bits per heavy atom. The first-order chi connectivity index (χ1) is 11.4. The number of thiocarbonyl (C=S) groups is 1. The molecule has 0 atom stereocenters. The van der Waals surface area contributed by atoms with Crippen LogP contribution in [0.5, 0.6) is 0 Å². The monoisotopic (exact) mass is 395 g/mol. The van der Waals surface area contributed by atoms with Crippen LogP contribution in [0.4, 0.5) is 5.13 Å². The Hall–Kier alpha value is -1.73. The van der Waals surface area contributed by atoms with Crippen LogP contribution in [0.2, 0.25) is 10.0 Å². The lowest BCUT2D eigenvalue weighted by Gasteiger charge is -2.08. The number of nitrogens with zero attached hydrogens (tertiary/aromatic N) is 1. The van der Waals surface area contributed by atoms with Gasteiger partial charge >= 0.3 is 0 Å². The summed E-state index contributed by atoms with van der Waals surface area (Å²) in [5, 5.41) is 7.45. The molecular weight excluding hydrogens is 385 g/mol. The van der Waals surface area contributed by atoms with E-state index in [1.54, 1.807) is 24.3 Å². The van der Waals surface area contributed by atoms with Gasteiger partial charge in [0.05, 0.1) is 10.2 Å². The lowest BCUT2D eigenvalue weighted by Crippen LogP contribution is -2.34. The highest BCUT2D eigenvalue weighted by atomic mass is 35.5. The van der Waals surface area contributed by atoms with Crippen molar-refractivity contribution >= 4 is 73.1 Å². The first-order valence-electron chi connectivity index (χ1n) is 6.87. The molecule has 122 valence electrons. The molecule has 0 fully saturated rings. The number of nitrogens with one attached hydrogen (secondary N) is 2. The minimum absolute atomic E-state index is 0.168. The maximum absolute atomic E-state index is 12.2. The highest BCUT2D eigenvalue weighted by Gasteiger charge is 2.11. The van der Waals surface area contributed by atoms with Crippen molar-refractivity contribution in [2.75, 3.05) is 5.32 Å². The van der Waals surface area contributed by atoms with Gasteiger partial charge in [0.1, 0.15) is 0 Å². The molecule has 1 amide bonds. The average molecular weight is 396 g/mol. The number of carbonyl (C=O) groups excluding carboxylic acids is 1. The van der Waals surface area contributed by atoms with Gasteiger partial charge in [-0.15, -0.1) is 0 Å². The number of anilines is 1. The highest BCUT2D eigenvalue weighted by molar-refractivity contribution is 7.80. The summed E-state index contributed by atoms with van der Waals surface area (Å²) in [5.41, 5.74) is 2.15. The lowest BCUT2D eigenvalue weighted by molar-refractivity contribution is 0.0977. The van der Waals surface area contributed by atoms with Crippen molar-refractivity contribution in [3.05, 3.63) is 57.6 Å². The molecule has 24 heavy (non-hydrogen) atoms. The maximum atomic E-state index is 12.2. The normalized spacial score (nSPS) is 10.6. The van der Waals surface area contributed by atoms with E-state index in [4.69, 9.17) is 35.4 Å². The van der Waals surface area contributed by atoms with Crippen molar-refractivity contribution in [2.24, 2.45) is 0 Å². The summed E-state index contributed by atoms with van der Waals surface area (Å²) in [4.78, 5) is 16.6. The molecule has 0 spiro atoms. The van der Waals surface area contributed by atoms with Crippen LogP contribution in [-0.4, -0.2) is 16.0 Å². The zero-order chi connectivity index (χ0) is 17.3. The summed E-state index contributed by atoms with van der Waals surface area (Å²) in [5.74, 6) is -0.335. The topological polar surface area (TPSA) is 54.0 Å². The van der Waals surface area contributed by atoms with Gasteiger partial charge in [-0.25, -0.2) is 4.98 Å². The van der Waals surface area contributed by atoms with E-state index < -0.39 is 0 Å². The number of fused-ring (bicyclic) bond motifs is 1. The molecule has 0 bridgehead atoms. The second-order valence-corrected chi connectivity index (χ2v) is 7.29. The minimum atomic E-state index is -0.335. The number of thiazole rings is 1. The molecule has 0 radical (unpaired) electrons. The number of hydrogen-bond acceptors (Lipinski definition) is 4. The van der Waals surface area contributed by atoms with Crippen molar-refractivity contribution in [2.45, 2.75) is 6.92 Å². The van der Waals surface area contributed by atoms with Crippen LogP contribution in [0.1, 0.15) is 15.9 Å². The van der Waals surface area contributed by atoms with E-state index in [1.165, 1.54) is 11.3 Å². The number of benzene rings is 2. The van der Waals surface area contributed by atoms with Gasteiger partial charge in [-0.2, -0.15) is 0 Å². The van der Waals surface area contributed by atoms with E-state index in [0.717, 1.165) is 15.8 Å². The Bertz CT molecular complexity index is 956. The van der Waals surface area contributed by atoms with Gasteiger partial charge in [0, 0.05) is 15.6 Å². The SMILES string of the molecule is Cc1ccc(C(=O)NC(=S)Nc2nc3ccc(Cl)cc3s2)cc1Cl. The zero-order valence-corrected chi connectivity index (χ0v) is 15.5. The summed E-state index contributed by atoms with van der Waals surface area (Å²) < 4.78 is 0.935. The smallest absolute Gasteiger partial charge is 0.257 e. The first kappa shape index (κ1) is 17.1. The Balaban J connectivity index is 1.69. The van der Waals surface area contributed by atoms with Crippen molar-refractivity contribution in [1.29, 1.82) is 0 Å². The average Bonchev–Trinajstić information content (AvgIpc) is 2.90. The first-order valence-corrected chi connectivity index (χ1v) is 8.85. The lowest BCUT2D eigenvalue weighted by atomic mass is 10.1. The maximum Gasteiger partial charge on any atom is 0.257 e. The van der Waals surface area contributed by atoms with Crippen molar-refractivity contribution in [1.82, 2.24) is 10.3 Å². The largest absolute Gasteiger partial charge is 0.308 e. The van der Waals surface area contributed by atoms with Gasteiger partial charge in [0.15, 0.2) is 10.2 Å². The van der Waals surface area contributed by atoms with Crippen molar-refractivity contribution < 1.29 is 4.79 Å². The van der Waals surface area contributed by atoms with E-state index in [1.807, 2.05) is 19.1 Å². The Labute approximate surface area is 157 Å². The molecule has 0 saturated carbocycles. The molecule has 0 aliphatic heterocycles. The Morgan fingerprint density at radius 2 is 2.00 bits per heavy atom. The highest BCUT2D eigenvalue weighted by Crippen LogP contribution is 2.28. The Kier molecular flexibility index (Phi) is 5.01. The molecule has 0 aliphatic rings. The molecule has 3 rings (SSSR count). The van der Waals surface area contributed by atoms with E-state index in [2.05, 4.69) is 15.6 Å². The van der Waals surface area contributed by atoms with Crippen LogP contribution in [0.3, 0.4) is 0 Å². The van der Waals surface area contributed by atoms with Gasteiger partial charge in [0.25, 0.3) is 5.91 Å². The molecule has 1 aromatic heterocycles. The molecule has 4 nitrogen and oxygen atoms in total. The fourth-order valence-electron chi connectivity index (χ4n) is 1.99. The minimum Gasteiger partial charge on any atom is -0.308 e. The van der Waals surface area contributed by atoms with Crippen LogP contribution < -0.4 is 10.6 Å². The number of amides is 1. The van der Waals surface area contributed by atoms with Gasteiger partial charge in [-0.1, -0.05) is 40.6 Å². The third-order valence-electron chi connectivity index (χ3n) is 3.23. The van der Waals surface area contributed by atoms with Gasteiger partial charge in [-0.3, -0.25) is 10.1 Å². The summed E-state index contributed by atoms with van der Waals surface area (Å²) in [6.07, 6.45) is 0. The summed E-state index contributed by atoms with van der Waals surface area (Å²) in [6, 6.07) is 10.5. The molecule has 3 aromatic rings. The summed E-state index contributed by atoms with van der Waals surface area (Å²) in [6.45, 7) is 1.87. The number of aryl methyl sites for hydroxylation is 1. The molecule has 1 heterocycles. The fraction of sp³-hybridized carbons (Fsp3) is 0.0625. The number of rotatable bonds is 2. The zero-order valence-electron chi connectivity index (χ0n) is 12.4. The third kappa shape index (κ3) is 3.84. The predicted molar refractivity (Wildman–Crippen MR) is 105 cm³/mol. The van der Waals surface area contributed by atoms with E-state index in [0.29, 0.717) is 20.7 Å². The van der Waals surface area contributed by atoms with Crippen LogP contribution in [0, 0.1) is 6.92 Å². The molecule has 2 aromatic carbocycles.